The Labute approximate surface area is 142 Å². The predicted octanol–water partition coefficient (Wildman–Crippen LogP) is 3.49. The van der Waals surface area contributed by atoms with E-state index in [1.165, 1.54) is 0 Å². The Morgan fingerprint density at radius 2 is 1.62 bits per heavy atom. The number of hydrogen-bond donors (Lipinski definition) is 2. The van der Waals surface area contributed by atoms with Crippen LogP contribution in [0, 0.1) is 0 Å². The van der Waals surface area contributed by atoms with Crippen molar-refractivity contribution in [3.63, 3.8) is 0 Å². The average molecular weight is 344 g/mol. The van der Waals surface area contributed by atoms with Gasteiger partial charge >= 0.3 is 0 Å². The topological polar surface area (TPSA) is 75.3 Å². The normalized spacial score (nSPS) is 11.4. The lowest BCUT2D eigenvalue weighted by Gasteiger charge is -2.07. The molecular weight excluding hydrogens is 324 g/mol. The predicted molar refractivity (Wildman–Crippen MR) is 98.2 cm³/mol. The summed E-state index contributed by atoms with van der Waals surface area (Å²) < 4.78 is 24.6. The van der Waals surface area contributed by atoms with E-state index in [2.05, 4.69) is 10.0 Å². The number of sulfonamides is 1. The fourth-order valence-corrected chi connectivity index (χ4v) is 2.62. The summed E-state index contributed by atoms with van der Waals surface area (Å²) >= 11 is 0. The number of rotatable bonds is 7. The molecule has 0 fully saturated rings. The smallest absolute Gasteiger partial charge is 0.229 e. The third-order valence-corrected chi connectivity index (χ3v) is 3.73. The fourth-order valence-electron chi connectivity index (χ4n) is 2.06. The molecule has 1 amide bonds. The second-order valence-electron chi connectivity index (χ2n) is 5.35. The lowest BCUT2D eigenvalue weighted by molar-refractivity contribution is -0.116. The summed E-state index contributed by atoms with van der Waals surface area (Å²) in [7, 11) is -3.30. The summed E-state index contributed by atoms with van der Waals surface area (Å²) in [4.78, 5) is 11.9. The van der Waals surface area contributed by atoms with Crippen LogP contribution in [0.15, 0.2) is 60.7 Å². The number of nitrogens with one attached hydrogen (secondary N) is 2. The molecule has 0 aromatic heterocycles. The zero-order chi connectivity index (χ0) is 17.4. The van der Waals surface area contributed by atoms with Crippen LogP contribution in [0.25, 0.3) is 6.08 Å². The number of amides is 1. The summed E-state index contributed by atoms with van der Waals surface area (Å²) in [5.41, 5.74) is 2.19. The van der Waals surface area contributed by atoms with E-state index in [4.69, 9.17) is 0 Å². The molecule has 24 heavy (non-hydrogen) atoms. The van der Waals surface area contributed by atoms with Crippen LogP contribution >= 0.6 is 0 Å². The molecule has 0 saturated heterocycles. The standard InChI is InChI=1S/C18H20N2O3S/c1-24(22,23)20-17-13-11-16(12-14-17)19-18(21)10-6-5-9-15-7-3-2-4-8-15/h2-5,7-9,11-14,20H,6,10H2,1H3,(H,19,21). The molecule has 0 heterocycles. The van der Waals surface area contributed by atoms with E-state index in [0.717, 1.165) is 11.8 Å². The molecule has 2 aromatic rings. The molecule has 0 aliphatic heterocycles. The highest BCUT2D eigenvalue weighted by molar-refractivity contribution is 7.92. The van der Waals surface area contributed by atoms with Crippen molar-refractivity contribution in [2.24, 2.45) is 0 Å². The Bertz CT molecular complexity index is 798. The molecule has 5 nitrogen and oxygen atoms in total. The van der Waals surface area contributed by atoms with Crippen LogP contribution in [-0.2, 0) is 14.8 Å². The van der Waals surface area contributed by atoms with Crippen molar-refractivity contribution < 1.29 is 13.2 Å². The van der Waals surface area contributed by atoms with E-state index < -0.39 is 10.0 Å². The lowest BCUT2D eigenvalue weighted by atomic mass is 10.2. The third kappa shape index (κ3) is 6.66. The monoisotopic (exact) mass is 344 g/mol. The van der Waals surface area contributed by atoms with Crippen LogP contribution in [0.5, 0.6) is 0 Å². The van der Waals surface area contributed by atoms with E-state index in [9.17, 15) is 13.2 Å². The lowest BCUT2D eigenvalue weighted by Crippen LogP contribution is -2.11. The molecule has 0 spiro atoms. The SMILES string of the molecule is CS(=O)(=O)Nc1ccc(NC(=O)CCC=Cc2ccccc2)cc1. The van der Waals surface area contributed by atoms with Gasteiger partial charge in [-0.3, -0.25) is 9.52 Å². The molecule has 2 rings (SSSR count). The fraction of sp³-hybridized carbons (Fsp3) is 0.167. The summed E-state index contributed by atoms with van der Waals surface area (Å²) in [6.45, 7) is 0. The molecule has 2 aromatic carbocycles. The van der Waals surface area contributed by atoms with E-state index in [1.807, 2.05) is 42.5 Å². The summed E-state index contributed by atoms with van der Waals surface area (Å²) in [5, 5.41) is 2.78. The minimum Gasteiger partial charge on any atom is -0.326 e. The van der Waals surface area contributed by atoms with Gasteiger partial charge in [0.15, 0.2) is 0 Å². The minimum atomic E-state index is -3.30. The van der Waals surface area contributed by atoms with E-state index in [1.54, 1.807) is 24.3 Å². The molecule has 6 heteroatoms. The first-order valence-electron chi connectivity index (χ1n) is 7.52. The molecule has 0 aliphatic carbocycles. The molecule has 0 unspecified atom stereocenters. The summed E-state index contributed by atoms with van der Waals surface area (Å²) in [6.07, 6.45) is 6.07. The van der Waals surface area contributed by atoms with Gasteiger partial charge in [-0.15, -0.1) is 0 Å². The van der Waals surface area contributed by atoms with Gasteiger partial charge < -0.3 is 5.32 Å². The minimum absolute atomic E-state index is 0.0865. The van der Waals surface area contributed by atoms with Gasteiger partial charge in [-0.25, -0.2) is 8.42 Å². The Kier molecular flexibility index (Phi) is 6.14. The molecule has 0 atom stereocenters. The highest BCUT2D eigenvalue weighted by atomic mass is 32.2. The first-order valence-corrected chi connectivity index (χ1v) is 9.41. The Morgan fingerprint density at radius 1 is 1.00 bits per heavy atom. The zero-order valence-corrected chi connectivity index (χ0v) is 14.2. The second kappa shape index (κ2) is 8.31. The maximum absolute atomic E-state index is 11.9. The third-order valence-electron chi connectivity index (χ3n) is 3.12. The van der Waals surface area contributed by atoms with Crippen LogP contribution in [0.1, 0.15) is 18.4 Å². The largest absolute Gasteiger partial charge is 0.326 e. The van der Waals surface area contributed by atoms with Gasteiger partial charge in [-0.1, -0.05) is 42.5 Å². The van der Waals surface area contributed by atoms with Gasteiger partial charge in [-0.05, 0) is 36.2 Å². The Balaban J connectivity index is 1.79. The number of benzene rings is 2. The first-order chi connectivity index (χ1) is 11.4. The maximum Gasteiger partial charge on any atom is 0.229 e. The van der Waals surface area contributed by atoms with Crippen LogP contribution in [0.3, 0.4) is 0 Å². The molecule has 0 saturated carbocycles. The Hall–Kier alpha value is -2.60. The molecule has 0 radical (unpaired) electrons. The van der Waals surface area contributed by atoms with Gasteiger partial charge in [-0.2, -0.15) is 0 Å². The van der Waals surface area contributed by atoms with Crippen LogP contribution in [0.2, 0.25) is 0 Å². The molecule has 2 N–H and O–H groups in total. The zero-order valence-electron chi connectivity index (χ0n) is 13.4. The van der Waals surface area contributed by atoms with E-state index in [-0.39, 0.29) is 5.91 Å². The van der Waals surface area contributed by atoms with Crippen molar-refractivity contribution in [3.05, 3.63) is 66.2 Å². The molecular formula is C18H20N2O3S. The second-order valence-corrected chi connectivity index (χ2v) is 7.10. The van der Waals surface area contributed by atoms with Crippen molar-refractivity contribution in [2.45, 2.75) is 12.8 Å². The maximum atomic E-state index is 11.9. The summed E-state index contributed by atoms with van der Waals surface area (Å²) in [5.74, 6) is -0.0865. The molecule has 0 bridgehead atoms. The van der Waals surface area contributed by atoms with Crippen molar-refractivity contribution in [2.75, 3.05) is 16.3 Å². The van der Waals surface area contributed by atoms with Crippen LogP contribution < -0.4 is 10.0 Å². The van der Waals surface area contributed by atoms with Gasteiger partial charge in [0.05, 0.1) is 6.26 Å². The van der Waals surface area contributed by atoms with Crippen molar-refractivity contribution in [1.82, 2.24) is 0 Å². The molecule has 0 aliphatic rings. The number of anilines is 2. The van der Waals surface area contributed by atoms with E-state index >= 15 is 0 Å². The molecule has 126 valence electrons. The van der Waals surface area contributed by atoms with Crippen LogP contribution in [0.4, 0.5) is 11.4 Å². The number of allylic oxidation sites excluding steroid dienone is 1. The van der Waals surface area contributed by atoms with Gasteiger partial charge in [0.25, 0.3) is 0 Å². The average Bonchev–Trinajstić information content (AvgIpc) is 2.53. The van der Waals surface area contributed by atoms with Gasteiger partial charge in [0.1, 0.15) is 0 Å². The number of hydrogen-bond acceptors (Lipinski definition) is 3. The highest BCUT2D eigenvalue weighted by Gasteiger charge is 2.03. The number of carbonyl (C=O) groups is 1. The van der Waals surface area contributed by atoms with Crippen molar-refractivity contribution >= 4 is 33.4 Å². The van der Waals surface area contributed by atoms with Gasteiger partial charge in [0, 0.05) is 17.8 Å². The Morgan fingerprint density at radius 3 is 2.25 bits per heavy atom. The highest BCUT2D eigenvalue weighted by Crippen LogP contribution is 2.15. The van der Waals surface area contributed by atoms with E-state index in [0.29, 0.717) is 24.2 Å². The quantitative estimate of drug-likeness (QED) is 0.807. The van der Waals surface area contributed by atoms with Crippen LogP contribution in [-0.4, -0.2) is 20.6 Å². The van der Waals surface area contributed by atoms with Gasteiger partial charge in [0.2, 0.25) is 15.9 Å². The first kappa shape index (κ1) is 17.7. The number of carbonyl (C=O) groups excluding carboxylic acids is 1. The summed E-state index contributed by atoms with van der Waals surface area (Å²) in [6, 6.07) is 16.4. The van der Waals surface area contributed by atoms with Crippen molar-refractivity contribution in [1.29, 1.82) is 0 Å². The van der Waals surface area contributed by atoms with Crippen molar-refractivity contribution in [3.8, 4) is 0 Å².